The highest BCUT2D eigenvalue weighted by Crippen LogP contribution is 2.35. The minimum Gasteiger partial charge on any atom is -0.490 e. The number of allylic oxidation sites excluding steroid dienone is 2. The fourth-order valence-electron chi connectivity index (χ4n) is 5.23. The lowest BCUT2D eigenvalue weighted by molar-refractivity contribution is -0.114. The van der Waals surface area contributed by atoms with Gasteiger partial charge in [0.05, 0.1) is 21.2 Å². The molecular weight excluding hydrogens is 631 g/mol. The first kappa shape index (κ1) is 30.6. The average Bonchev–Trinajstić information content (AvgIpc) is 3.63. The zero-order valence-electron chi connectivity index (χ0n) is 24.7. The lowest BCUT2D eigenvalue weighted by Gasteiger charge is -2.22. The van der Waals surface area contributed by atoms with E-state index in [0.717, 1.165) is 16.7 Å². The van der Waals surface area contributed by atoms with Gasteiger partial charge in [-0.25, -0.2) is 4.99 Å². The molecule has 2 aromatic heterocycles. The second kappa shape index (κ2) is 12.9. The van der Waals surface area contributed by atoms with Crippen molar-refractivity contribution in [1.82, 2.24) is 4.57 Å². The largest absolute Gasteiger partial charge is 0.490 e. The minimum absolute atomic E-state index is 0.199. The summed E-state index contributed by atoms with van der Waals surface area (Å²) in [4.78, 5) is 32.0. The van der Waals surface area contributed by atoms with Gasteiger partial charge in [-0.15, -0.1) is 0 Å². The van der Waals surface area contributed by atoms with Crippen molar-refractivity contribution in [2.45, 2.75) is 33.4 Å². The molecule has 3 heterocycles. The third-order valence-corrected chi connectivity index (χ3v) is 9.03. The quantitative estimate of drug-likeness (QED) is 0.165. The molecule has 0 saturated heterocycles. The van der Waals surface area contributed by atoms with E-state index < -0.39 is 6.04 Å². The Hall–Kier alpha value is -4.37. The number of hydrogen-bond donors (Lipinski definition) is 0. The van der Waals surface area contributed by atoms with Crippen molar-refractivity contribution < 1.29 is 18.7 Å². The van der Waals surface area contributed by atoms with Crippen LogP contribution in [0.5, 0.6) is 11.5 Å². The molecule has 0 aliphatic carbocycles. The number of furan rings is 1. The fraction of sp³-hybridized carbons (Fsp3) is 0.171. The van der Waals surface area contributed by atoms with Crippen LogP contribution in [0, 0.1) is 0 Å². The summed E-state index contributed by atoms with van der Waals surface area (Å²) in [6.07, 6.45) is 1.79. The number of rotatable bonds is 9. The van der Waals surface area contributed by atoms with Gasteiger partial charge in [0.25, 0.3) is 5.56 Å². The van der Waals surface area contributed by atoms with Gasteiger partial charge in [0.2, 0.25) is 0 Å². The Kier molecular flexibility index (Phi) is 8.81. The van der Waals surface area contributed by atoms with E-state index in [1.807, 2.05) is 55.5 Å². The fourth-order valence-corrected chi connectivity index (χ4v) is 6.58. The Morgan fingerprint density at radius 1 is 1.00 bits per heavy atom. The minimum atomic E-state index is -0.787. The second-order valence-electron chi connectivity index (χ2n) is 10.4. The first-order valence-corrected chi connectivity index (χ1v) is 15.8. The highest BCUT2D eigenvalue weighted by Gasteiger charge is 2.33. The van der Waals surface area contributed by atoms with E-state index in [-0.39, 0.29) is 11.3 Å². The van der Waals surface area contributed by atoms with Crippen LogP contribution in [0.3, 0.4) is 0 Å². The first-order valence-electron chi connectivity index (χ1n) is 14.3. The van der Waals surface area contributed by atoms with Crippen LogP contribution >= 0.6 is 34.5 Å². The van der Waals surface area contributed by atoms with Gasteiger partial charge in [0.1, 0.15) is 24.2 Å². The SMILES string of the molecule is CCOc1cc(/C=c2/sc3n(c2=O)[C@H](c2ccc(-c4ccc(Cl)c(Cl)c4)o2)C(C(C)=O)=C(C)N=3)ccc1OCc1ccccc1. The summed E-state index contributed by atoms with van der Waals surface area (Å²) in [6, 6.07) is 23.4. The van der Waals surface area contributed by atoms with Gasteiger partial charge in [0.15, 0.2) is 22.1 Å². The van der Waals surface area contributed by atoms with E-state index in [1.54, 1.807) is 43.3 Å². The molecule has 6 rings (SSSR count). The molecule has 0 spiro atoms. The number of fused-ring (bicyclic) bond motifs is 1. The number of thiazole rings is 1. The van der Waals surface area contributed by atoms with Gasteiger partial charge in [-0.1, -0.05) is 70.9 Å². The van der Waals surface area contributed by atoms with E-state index in [9.17, 15) is 9.59 Å². The molecule has 1 aliphatic heterocycles. The van der Waals surface area contributed by atoms with Crippen LogP contribution in [0.1, 0.15) is 43.7 Å². The second-order valence-corrected chi connectivity index (χ2v) is 12.2. The molecule has 0 unspecified atom stereocenters. The third kappa shape index (κ3) is 6.27. The molecule has 7 nitrogen and oxygen atoms in total. The number of halogens is 2. The van der Waals surface area contributed by atoms with Crippen LogP contribution in [0.15, 0.2) is 104 Å². The normalized spacial score (nSPS) is 14.7. The van der Waals surface area contributed by atoms with Crippen molar-refractivity contribution in [1.29, 1.82) is 0 Å². The zero-order chi connectivity index (χ0) is 31.7. The molecule has 1 aliphatic rings. The lowest BCUT2D eigenvalue weighted by Crippen LogP contribution is -2.39. The molecule has 1 atom stereocenters. The molecule has 5 aromatic rings. The molecule has 0 amide bonds. The van der Waals surface area contributed by atoms with Crippen LogP contribution < -0.4 is 24.4 Å². The molecule has 45 heavy (non-hydrogen) atoms. The summed E-state index contributed by atoms with van der Waals surface area (Å²) < 4.78 is 20.2. The first-order chi connectivity index (χ1) is 21.7. The van der Waals surface area contributed by atoms with Crippen LogP contribution in [0.25, 0.3) is 17.4 Å². The van der Waals surface area contributed by atoms with Crippen molar-refractivity contribution in [2.75, 3.05) is 6.61 Å². The number of benzene rings is 3. The summed E-state index contributed by atoms with van der Waals surface area (Å²) >= 11 is 13.6. The van der Waals surface area contributed by atoms with E-state index in [0.29, 0.717) is 66.9 Å². The van der Waals surface area contributed by atoms with Crippen molar-refractivity contribution in [3.8, 4) is 22.8 Å². The van der Waals surface area contributed by atoms with Gasteiger partial charge < -0.3 is 13.9 Å². The van der Waals surface area contributed by atoms with Gasteiger partial charge in [-0.2, -0.15) is 0 Å². The van der Waals surface area contributed by atoms with Gasteiger partial charge in [-0.3, -0.25) is 14.2 Å². The lowest BCUT2D eigenvalue weighted by atomic mass is 9.98. The number of ether oxygens (including phenoxy) is 2. The monoisotopic (exact) mass is 658 g/mol. The maximum atomic E-state index is 14.0. The predicted octanol–water partition coefficient (Wildman–Crippen LogP) is 7.37. The molecule has 0 saturated carbocycles. The molecule has 10 heteroatoms. The van der Waals surface area contributed by atoms with Gasteiger partial charge >= 0.3 is 0 Å². The summed E-state index contributed by atoms with van der Waals surface area (Å²) in [5.41, 5.74) is 3.16. The number of Topliss-reactive ketones (excluding diaryl/α,β-unsaturated/α-hetero) is 1. The van der Waals surface area contributed by atoms with Crippen LogP contribution in [-0.4, -0.2) is 17.0 Å². The summed E-state index contributed by atoms with van der Waals surface area (Å²) in [5.74, 6) is 1.95. The number of nitrogens with zero attached hydrogens (tertiary/aromatic N) is 2. The molecule has 228 valence electrons. The molecule has 3 aromatic carbocycles. The zero-order valence-corrected chi connectivity index (χ0v) is 27.0. The molecule has 0 N–H and O–H groups in total. The van der Waals surface area contributed by atoms with E-state index in [2.05, 4.69) is 4.99 Å². The van der Waals surface area contributed by atoms with Crippen molar-refractivity contribution in [2.24, 2.45) is 4.99 Å². The van der Waals surface area contributed by atoms with Crippen LogP contribution in [0.4, 0.5) is 0 Å². The predicted molar refractivity (Wildman–Crippen MR) is 177 cm³/mol. The van der Waals surface area contributed by atoms with E-state index in [1.165, 1.54) is 22.8 Å². The molecule has 0 fully saturated rings. The maximum Gasteiger partial charge on any atom is 0.271 e. The Morgan fingerprint density at radius 3 is 2.53 bits per heavy atom. The Bertz CT molecular complexity index is 2130. The smallest absolute Gasteiger partial charge is 0.271 e. The average molecular weight is 660 g/mol. The number of hydrogen-bond acceptors (Lipinski definition) is 7. The van der Waals surface area contributed by atoms with E-state index >= 15 is 0 Å². The van der Waals surface area contributed by atoms with Crippen LogP contribution in [0.2, 0.25) is 10.0 Å². The van der Waals surface area contributed by atoms with Crippen molar-refractivity contribution in [3.63, 3.8) is 0 Å². The highest BCUT2D eigenvalue weighted by molar-refractivity contribution is 7.07. The molecule has 0 bridgehead atoms. The number of ketones is 1. The topological polar surface area (TPSA) is 83.0 Å². The Labute approximate surface area is 273 Å². The number of carbonyl (C=O) groups is 1. The summed E-state index contributed by atoms with van der Waals surface area (Å²) in [7, 11) is 0. The number of aromatic nitrogens is 1. The highest BCUT2D eigenvalue weighted by atomic mass is 35.5. The standard InChI is InChI=1S/C35H28Cl2N2O5S/c1-4-42-30-16-23(10-13-28(30)43-19-22-8-6-5-7-9-22)17-31-34(41)39-33(32(21(3)40)20(2)38-35(39)45-31)29-15-14-27(44-29)24-11-12-25(36)26(37)18-24/h5-18,33H,4,19H2,1-3H3/b31-17+/t33-/m1/s1. The maximum absolute atomic E-state index is 14.0. The molecule has 0 radical (unpaired) electrons. The van der Waals surface area contributed by atoms with Gasteiger partial charge in [0, 0.05) is 16.8 Å². The van der Waals surface area contributed by atoms with Gasteiger partial charge in [-0.05, 0) is 80.4 Å². The Balaban J connectivity index is 1.39. The third-order valence-electron chi connectivity index (χ3n) is 7.30. The van der Waals surface area contributed by atoms with E-state index in [4.69, 9.17) is 37.1 Å². The van der Waals surface area contributed by atoms with Crippen molar-refractivity contribution >= 4 is 46.4 Å². The Morgan fingerprint density at radius 2 is 1.80 bits per heavy atom. The van der Waals surface area contributed by atoms with Crippen LogP contribution in [-0.2, 0) is 11.4 Å². The summed E-state index contributed by atoms with van der Waals surface area (Å²) in [5, 5.41) is 0.822. The molecular formula is C35H28Cl2N2O5S. The number of carbonyl (C=O) groups excluding carboxylic acids is 1. The summed E-state index contributed by atoms with van der Waals surface area (Å²) in [6.45, 7) is 5.99. The van der Waals surface area contributed by atoms with Crippen molar-refractivity contribution in [3.05, 3.63) is 137 Å².